The lowest BCUT2D eigenvalue weighted by Crippen LogP contribution is -2.16. The van der Waals surface area contributed by atoms with E-state index >= 15 is 0 Å². The number of hydrogen-bond donors (Lipinski definition) is 1. The lowest BCUT2D eigenvalue weighted by Gasteiger charge is -2.10. The molecule has 1 heterocycles. The van der Waals surface area contributed by atoms with Crippen molar-refractivity contribution in [1.82, 2.24) is 19.9 Å². The van der Waals surface area contributed by atoms with Gasteiger partial charge in [0.05, 0.1) is 5.69 Å². The van der Waals surface area contributed by atoms with Crippen LogP contribution in [0.2, 0.25) is 0 Å². The largest absolute Gasteiger partial charge is 0.381 e. The fraction of sp³-hybridized carbons (Fsp3) is 0.800. The molecule has 0 saturated heterocycles. The summed E-state index contributed by atoms with van der Waals surface area (Å²) in [5.41, 5.74) is 6.83. The second kappa shape index (κ2) is 5.70. The van der Waals surface area contributed by atoms with Crippen LogP contribution in [0.4, 0.5) is 5.82 Å². The van der Waals surface area contributed by atoms with Gasteiger partial charge in [-0.3, -0.25) is 0 Å². The van der Waals surface area contributed by atoms with Crippen molar-refractivity contribution in [3.63, 3.8) is 0 Å². The maximum absolute atomic E-state index is 5.75. The van der Waals surface area contributed by atoms with Gasteiger partial charge < -0.3 is 10.6 Å². The van der Waals surface area contributed by atoms with Crippen molar-refractivity contribution >= 4 is 5.82 Å². The van der Waals surface area contributed by atoms with E-state index in [-0.39, 0.29) is 0 Å². The average Bonchev–Trinajstić information content (AvgIpc) is 2.50. The summed E-state index contributed by atoms with van der Waals surface area (Å²) < 4.78 is 1.93. The summed E-state index contributed by atoms with van der Waals surface area (Å²) in [6, 6.07) is 0. The van der Waals surface area contributed by atoms with Crippen LogP contribution < -0.4 is 5.73 Å². The fourth-order valence-corrected chi connectivity index (χ4v) is 1.56. The van der Waals surface area contributed by atoms with Gasteiger partial charge in [-0.25, -0.2) is 4.68 Å². The van der Waals surface area contributed by atoms with Crippen molar-refractivity contribution < 1.29 is 0 Å². The highest BCUT2D eigenvalue weighted by atomic mass is 15.4. The molecule has 15 heavy (non-hydrogen) atoms. The topological polar surface area (TPSA) is 60.0 Å². The third-order valence-electron chi connectivity index (χ3n) is 2.33. The molecule has 1 aromatic heterocycles. The van der Waals surface area contributed by atoms with Crippen LogP contribution in [0.5, 0.6) is 0 Å². The summed E-state index contributed by atoms with van der Waals surface area (Å²) in [5.74, 6) is 0.585. The highest BCUT2D eigenvalue weighted by Gasteiger charge is 2.08. The molecule has 5 nitrogen and oxygen atoms in total. The smallest absolute Gasteiger partial charge is 0.169 e. The molecule has 0 amide bonds. The minimum atomic E-state index is 0.585. The summed E-state index contributed by atoms with van der Waals surface area (Å²) in [6.45, 7) is 4.10. The molecule has 0 aliphatic carbocycles. The molecule has 1 rings (SSSR count). The molecule has 0 aliphatic rings. The molecule has 0 aromatic carbocycles. The zero-order valence-electron chi connectivity index (χ0n) is 9.90. The number of nitrogens with zero attached hydrogens (tertiary/aromatic N) is 4. The molecule has 1 aromatic rings. The van der Waals surface area contributed by atoms with Gasteiger partial charge in [0, 0.05) is 6.54 Å². The summed E-state index contributed by atoms with van der Waals surface area (Å²) in [5, 5.41) is 7.96. The van der Waals surface area contributed by atoms with Crippen LogP contribution in [0.15, 0.2) is 0 Å². The van der Waals surface area contributed by atoms with Crippen molar-refractivity contribution in [2.75, 3.05) is 26.4 Å². The minimum Gasteiger partial charge on any atom is -0.381 e. The van der Waals surface area contributed by atoms with E-state index in [1.807, 2.05) is 4.68 Å². The SMILES string of the molecule is CCCc1c(N)nnn1CCCN(C)C. The molecule has 0 spiro atoms. The number of anilines is 1. The van der Waals surface area contributed by atoms with Gasteiger partial charge in [-0.05, 0) is 33.5 Å². The highest BCUT2D eigenvalue weighted by Crippen LogP contribution is 2.10. The first-order valence-corrected chi connectivity index (χ1v) is 5.47. The average molecular weight is 211 g/mol. The van der Waals surface area contributed by atoms with Gasteiger partial charge in [0.1, 0.15) is 0 Å². The summed E-state index contributed by atoms with van der Waals surface area (Å²) >= 11 is 0. The zero-order chi connectivity index (χ0) is 11.3. The van der Waals surface area contributed by atoms with Gasteiger partial charge in [0.2, 0.25) is 0 Å². The van der Waals surface area contributed by atoms with Crippen LogP contribution in [0.3, 0.4) is 0 Å². The van der Waals surface area contributed by atoms with Crippen LogP contribution in [0.25, 0.3) is 0 Å². The van der Waals surface area contributed by atoms with Gasteiger partial charge in [0.15, 0.2) is 5.82 Å². The molecule has 0 aliphatic heterocycles. The molecule has 0 saturated carbocycles. The van der Waals surface area contributed by atoms with Crippen molar-refractivity contribution in [1.29, 1.82) is 0 Å². The van der Waals surface area contributed by atoms with Crippen LogP contribution in [0.1, 0.15) is 25.5 Å². The Hall–Kier alpha value is -1.10. The quantitative estimate of drug-likeness (QED) is 0.755. The molecule has 0 atom stereocenters. The van der Waals surface area contributed by atoms with Gasteiger partial charge in [0.25, 0.3) is 0 Å². The Morgan fingerprint density at radius 1 is 1.40 bits per heavy atom. The predicted octanol–water partition coefficient (Wildman–Crippen LogP) is 0.764. The monoisotopic (exact) mass is 211 g/mol. The van der Waals surface area contributed by atoms with Crippen molar-refractivity contribution in [3.8, 4) is 0 Å². The number of aryl methyl sites for hydroxylation is 1. The first-order chi connectivity index (χ1) is 7.15. The van der Waals surface area contributed by atoms with E-state index < -0.39 is 0 Å². The van der Waals surface area contributed by atoms with E-state index in [9.17, 15) is 0 Å². The van der Waals surface area contributed by atoms with Gasteiger partial charge >= 0.3 is 0 Å². The summed E-state index contributed by atoms with van der Waals surface area (Å²) in [4.78, 5) is 2.17. The molecular formula is C10H21N5. The van der Waals surface area contributed by atoms with E-state index in [2.05, 4.69) is 36.2 Å². The normalized spacial score (nSPS) is 11.2. The Morgan fingerprint density at radius 3 is 2.73 bits per heavy atom. The molecule has 0 unspecified atom stereocenters. The molecule has 0 fully saturated rings. The maximum atomic E-state index is 5.75. The molecule has 0 bridgehead atoms. The van der Waals surface area contributed by atoms with E-state index in [0.29, 0.717) is 5.82 Å². The fourth-order valence-electron chi connectivity index (χ4n) is 1.56. The Morgan fingerprint density at radius 2 is 2.13 bits per heavy atom. The Bertz CT molecular complexity index is 292. The van der Waals surface area contributed by atoms with E-state index in [1.165, 1.54) is 0 Å². The molecule has 0 radical (unpaired) electrons. The third kappa shape index (κ3) is 3.51. The molecule has 86 valence electrons. The number of aromatic nitrogens is 3. The number of nitrogens with two attached hydrogens (primary N) is 1. The number of hydrogen-bond acceptors (Lipinski definition) is 4. The van der Waals surface area contributed by atoms with Crippen LogP contribution in [-0.4, -0.2) is 40.5 Å². The second-order valence-corrected chi connectivity index (χ2v) is 4.05. The van der Waals surface area contributed by atoms with Crippen molar-refractivity contribution in [2.45, 2.75) is 32.7 Å². The molecule has 2 N–H and O–H groups in total. The number of nitrogen functional groups attached to an aromatic ring is 1. The highest BCUT2D eigenvalue weighted by molar-refractivity contribution is 5.32. The van der Waals surface area contributed by atoms with E-state index in [1.54, 1.807) is 0 Å². The lowest BCUT2D eigenvalue weighted by molar-refractivity contribution is 0.376. The van der Waals surface area contributed by atoms with Gasteiger partial charge in [-0.2, -0.15) is 0 Å². The Balaban J connectivity index is 2.52. The molecular weight excluding hydrogens is 190 g/mol. The first kappa shape index (κ1) is 12.0. The number of rotatable bonds is 6. The Labute approximate surface area is 91.2 Å². The lowest BCUT2D eigenvalue weighted by atomic mass is 10.2. The first-order valence-electron chi connectivity index (χ1n) is 5.47. The summed E-state index contributed by atoms with van der Waals surface area (Å²) in [6.07, 6.45) is 3.11. The van der Waals surface area contributed by atoms with Crippen molar-refractivity contribution in [3.05, 3.63) is 5.69 Å². The van der Waals surface area contributed by atoms with Crippen LogP contribution >= 0.6 is 0 Å². The summed E-state index contributed by atoms with van der Waals surface area (Å²) in [7, 11) is 4.14. The van der Waals surface area contributed by atoms with Gasteiger partial charge in [-0.1, -0.05) is 18.6 Å². The van der Waals surface area contributed by atoms with Crippen molar-refractivity contribution in [2.24, 2.45) is 0 Å². The predicted molar refractivity (Wildman–Crippen MR) is 61.6 cm³/mol. The molecule has 5 heteroatoms. The Kier molecular flexibility index (Phi) is 4.55. The van der Waals surface area contributed by atoms with Gasteiger partial charge in [-0.15, -0.1) is 5.10 Å². The van der Waals surface area contributed by atoms with E-state index in [0.717, 1.165) is 38.0 Å². The zero-order valence-corrected chi connectivity index (χ0v) is 9.90. The standard InChI is InChI=1S/C10H21N5/c1-4-6-9-10(11)12-13-15(9)8-5-7-14(2)3/h4-8,11H2,1-3H3. The second-order valence-electron chi connectivity index (χ2n) is 4.05. The third-order valence-corrected chi connectivity index (χ3v) is 2.33. The van der Waals surface area contributed by atoms with E-state index in [4.69, 9.17) is 5.73 Å². The minimum absolute atomic E-state index is 0.585. The van der Waals surface area contributed by atoms with Crippen LogP contribution in [0, 0.1) is 0 Å². The van der Waals surface area contributed by atoms with Crippen LogP contribution in [-0.2, 0) is 13.0 Å². The maximum Gasteiger partial charge on any atom is 0.169 e.